The number of anilines is 1. The number of hydrogen-bond acceptors (Lipinski definition) is 9. The molecule has 10 heteroatoms. The lowest BCUT2D eigenvalue weighted by molar-refractivity contribution is -0.122. The highest BCUT2D eigenvalue weighted by atomic mass is 79.9. The predicted molar refractivity (Wildman–Crippen MR) is 141 cm³/mol. The van der Waals surface area contributed by atoms with Crippen LogP contribution in [-0.4, -0.2) is 51.2 Å². The van der Waals surface area contributed by atoms with Crippen LogP contribution in [0.5, 0.6) is 34.5 Å². The number of ketones is 2. The first kappa shape index (κ1) is 27.7. The maximum atomic E-state index is 11.1. The largest absolute Gasteiger partial charge is 0.506 e. The lowest BCUT2D eigenvalue weighted by Crippen LogP contribution is -2.20. The minimum atomic E-state index is 0.0841. The summed E-state index contributed by atoms with van der Waals surface area (Å²) in [7, 11) is 4.75. The molecule has 0 fully saturated rings. The molecule has 5 rings (SSSR count). The number of carbonyl (C=O) groups excluding carboxylic acids is 2. The topological polar surface area (TPSA) is 127 Å². The fraction of sp³-hybridized carbons (Fsp3) is 0.259. The van der Waals surface area contributed by atoms with Crippen LogP contribution in [0.3, 0.4) is 0 Å². The minimum Gasteiger partial charge on any atom is -0.506 e. The van der Waals surface area contributed by atoms with Crippen molar-refractivity contribution >= 4 is 33.2 Å². The molecule has 2 aliphatic heterocycles. The van der Waals surface area contributed by atoms with Crippen molar-refractivity contribution in [2.45, 2.75) is 12.8 Å². The lowest BCUT2D eigenvalue weighted by Gasteiger charge is -2.17. The van der Waals surface area contributed by atoms with Crippen molar-refractivity contribution in [3.05, 3.63) is 64.1 Å². The Labute approximate surface area is 223 Å². The third-order valence-corrected chi connectivity index (χ3v) is 6.01. The molecule has 2 heterocycles. The highest BCUT2D eigenvalue weighted by molar-refractivity contribution is 9.10. The number of phenolic OH excluding ortho intramolecular Hbond substituents is 1. The van der Waals surface area contributed by atoms with E-state index in [1.165, 1.54) is 6.07 Å². The van der Waals surface area contributed by atoms with E-state index in [9.17, 15) is 9.59 Å². The van der Waals surface area contributed by atoms with Crippen LogP contribution in [0.15, 0.2) is 53.0 Å². The molecule has 3 aromatic rings. The second-order valence-electron chi connectivity index (χ2n) is 8.00. The van der Waals surface area contributed by atoms with Crippen molar-refractivity contribution in [2.75, 3.05) is 40.3 Å². The van der Waals surface area contributed by atoms with Crippen LogP contribution in [0.1, 0.15) is 11.1 Å². The molecular formula is C27H28BrNO8. The van der Waals surface area contributed by atoms with Crippen molar-refractivity contribution < 1.29 is 38.4 Å². The first-order valence-corrected chi connectivity index (χ1v) is 12.0. The maximum Gasteiger partial charge on any atom is 0.174 e. The standard InChI is InChI=1S/C10H9BrO3.C10H10O3.C7H9NO2/c1-13-10-3-6-2-7(12)5-14-9(6)4-8(10)11;1-12-9-2-3-10-7(5-9)4-8(11)6-13-10;1-10-5-2-3-7(9)6(8)4-5/h3-4H,2,5H2,1H3;2-3,5H,4,6H2,1H3;2-4,9H,8H2,1H3. The van der Waals surface area contributed by atoms with E-state index in [-0.39, 0.29) is 30.5 Å². The number of aromatic hydroxyl groups is 1. The number of halogens is 1. The van der Waals surface area contributed by atoms with Crippen molar-refractivity contribution in [2.24, 2.45) is 0 Å². The summed E-state index contributed by atoms with van der Waals surface area (Å²) < 4.78 is 26.4. The molecule has 0 aliphatic carbocycles. The number of methoxy groups -OCH3 is 3. The van der Waals surface area contributed by atoms with Gasteiger partial charge >= 0.3 is 0 Å². The van der Waals surface area contributed by atoms with Gasteiger partial charge in [-0.2, -0.15) is 0 Å². The first-order valence-electron chi connectivity index (χ1n) is 11.2. The number of Topliss-reactive ketones (excluding diaryl/α,β-unsaturated/α-hetero) is 2. The first-order chi connectivity index (χ1) is 17.7. The summed E-state index contributed by atoms with van der Waals surface area (Å²) >= 11 is 3.36. The number of phenols is 1. The Morgan fingerprint density at radius 2 is 1.35 bits per heavy atom. The fourth-order valence-electron chi connectivity index (χ4n) is 3.47. The summed E-state index contributed by atoms with van der Waals surface area (Å²) in [5, 5.41) is 8.96. The van der Waals surface area contributed by atoms with Gasteiger partial charge in [0.1, 0.15) is 47.7 Å². The van der Waals surface area contributed by atoms with Crippen molar-refractivity contribution in [3.63, 3.8) is 0 Å². The summed E-state index contributed by atoms with van der Waals surface area (Å²) in [5.41, 5.74) is 7.50. The summed E-state index contributed by atoms with van der Waals surface area (Å²) in [6.07, 6.45) is 0.880. The van der Waals surface area contributed by atoms with Crippen LogP contribution in [0.4, 0.5) is 5.69 Å². The number of rotatable bonds is 3. The number of ether oxygens (including phenoxy) is 5. The number of nitrogens with two attached hydrogens (primary N) is 1. The van der Waals surface area contributed by atoms with Gasteiger partial charge in [0.2, 0.25) is 0 Å². The average Bonchev–Trinajstić information content (AvgIpc) is 2.90. The smallest absolute Gasteiger partial charge is 0.174 e. The second kappa shape index (κ2) is 12.9. The SMILES string of the molecule is COc1cc2c(cc1Br)OCC(=O)C2.COc1ccc(O)c(N)c1.COc1ccc2c(c1)CC(=O)CO2. The van der Waals surface area contributed by atoms with Crippen LogP contribution in [-0.2, 0) is 22.4 Å². The molecule has 0 unspecified atom stereocenters. The van der Waals surface area contributed by atoms with E-state index in [0.717, 1.165) is 38.6 Å². The Morgan fingerprint density at radius 1 is 0.784 bits per heavy atom. The van der Waals surface area contributed by atoms with Gasteiger partial charge in [0.25, 0.3) is 0 Å². The van der Waals surface area contributed by atoms with E-state index < -0.39 is 0 Å². The van der Waals surface area contributed by atoms with Gasteiger partial charge in [-0.05, 0) is 58.4 Å². The molecule has 3 aromatic carbocycles. The Kier molecular flexibility index (Phi) is 9.62. The zero-order chi connectivity index (χ0) is 26.9. The van der Waals surface area contributed by atoms with Gasteiger partial charge in [-0.3, -0.25) is 9.59 Å². The number of benzene rings is 3. The Morgan fingerprint density at radius 3 is 1.95 bits per heavy atom. The van der Waals surface area contributed by atoms with Crippen LogP contribution in [0, 0.1) is 0 Å². The van der Waals surface area contributed by atoms with Gasteiger partial charge in [-0.1, -0.05) is 0 Å². The molecule has 0 bridgehead atoms. The van der Waals surface area contributed by atoms with Crippen LogP contribution >= 0.6 is 15.9 Å². The normalized spacial score (nSPS) is 13.2. The molecule has 0 spiro atoms. The van der Waals surface area contributed by atoms with E-state index >= 15 is 0 Å². The van der Waals surface area contributed by atoms with Crippen LogP contribution in [0.25, 0.3) is 0 Å². The molecule has 0 aromatic heterocycles. The van der Waals surface area contributed by atoms with E-state index in [0.29, 0.717) is 24.3 Å². The number of hydrogen-bond donors (Lipinski definition) is 2. The van der Waals surface area contributed by atoms with Gasteiger partial charge in [0, 0.05) is 30.0 Å². The Balaban J connectivity index is 0.000000157. The molecule has 0 atom stereocenters. The lowest BCUT2D eigenvalue weighted by atomic mass is 10.1. The highest BCUT2D eigenvalue weighted by Crippen LogP contribution is 2.34. The van der Waals surface area contributed by atoms with Crippen molar-refractivity contribution in [3.8, 4) is 34.5 Å². The van der Waals surface area contributed by atoms with E-state index in [4.69, 9.17) is 34.5 Å². The highest BCUT2D eigenvalue weighted by Gasteiger charge is 2.19. The van der Waals surface area contributed by atoms with E-state index in [2.05, 4.69) is 15.9 Å². The summed E-state index contributed by atoms with van der Waals surface area (Å²) in [6, 6.07) is 13.9. The molecule has 37 heavy (non-hydrogen) atoms. The average molecular weight is 574 g/mol. The van der Waals surface area contributed by atoms with Crippen LogP contribution < -0.4 is 29.4 Å². The fourth-order valence-corrected chi connectivity index (χ4v) is 3.96. The monoisotopic (exact) mass is 573 g/mol. The number of fused-ring (bicyclic) bond motifs is 2. The molecular weight excluding hydrogens is 546 g/mol. The van der Waals surface area contributed by atoms with Gasteiger partial charge in [0.15, 0.2) is 11.6 Å². The zero-order valence-corrected chi connectivity index (χ0v) is 22.3. The van der Waals surface area contributed by atoms with Crippen LogP contribution in [0.2, 0.25) is 0 Å². The molecule has 3 N–H and O–H groups in total. The van der Waals surface area contributed by atoms with Gasteiger partial charge < -0.3 is 34.5 Å². The molecule has 2 aliphatic rings. The quantitative estimate of drug-likeness (QED) is 0.351. The summed E-state index contributed by atoms with van der Waals surface area (Å²) in [4.78, 5) is 22.2. The molecule has 9 nitrogen and oxygen atoms in total. The Hall–Kier alpha value is -3.92. The minimum absolute atomic E-state index is 0.0841. The molecule has 0 saturated carbocycles. The van der Waals surface area contributed by atoms with E-state index in [1.54, 1.807) is 33.5 Å². The third kappa shape index (κ3) is 7.53. The van der Waals surface area contributed by atoms with Gasteiger partial charge in [-0.25, -0.2) is 0 Å². The van der Waals surface area contributed by atoms with Gasteiger partial charge in [-0.15, -0.1) is 0 Å². The number of carbonyl (C=O) groups is 2. The summed E-state index contributed by atoms with van der Waals surface area (Å²) in [5.74, 6) is 3.98. The molecule has 0 saturated heterocycles. The van der Waals surface area contributed by atoms with E-state index in [1.807, 2.05) is 30.3 Å². The van der Waals surface area contributed by atoms with Crippen molar-refractivity contribution in [1.29, 1.82) is 0 Å². The molecule has 0 radical (unpaired) electrons. The predicted octanol–water partition coefficient (Wildman–Crippen LogP) is 4.14. The van der Waals surface area contributed by atoms with Gasteiger partial charge in [0.05, 0.1) is 31.5 Å². The third-order valence-electron chi connectivity index (χ3n) is 5.39. The second-order valence-corrected chi connectivity index (χ2v) is 8.86. The van der Waals surface area contributed by atoms with Crippen molar-refractivity contribution in [1.82, 2.24) is 0 Å². The zero-order valence-electron chi connectivity index (χ0n) is 20.7. The Bertz CT molecular complexity index is 1280. The molecule has 0 amide bonds. The maximum absolute atomic E-state index is 11.1. The molecule has 196 valence electrons. The number of nitrogen functional groups attached to an aromatic ring is 1. The summed E-state index contributed by atoms with van der Waals surface area (Å²) in [6.45, 7) is 0.366.